The minimum atomic E-state index is -0.835. The van der Waals surface area contributed by atoms with Gasteiger partial charge >= 0.3 is 5.97 Å². The van der Waals surface area contributed by atoms with Crippen LogP contribution >= 0.6 is 0 Å². The van der Waals surface area contributed by atoms with Gasteiger partial charge in [0.1, 0.15) is 5.76 Å². The van der Waals surface area contributed by atoms with E-state index in [1.54, 1.807) is 25.7 Å². The Bertz CT molecular complexity index is 521. The van der Waals surface area contributed by atoms with Gasteiger partial charge in [0.2, 0.25) is 0 Å². The van der Waals surface area contributed by atoms with E-state index in [-0.39, 0.29) is 11.8 Å². The third kappa shape index (κ3) is 2.55. The molecule has 2 rings (SSSR count). The molecule has 1 N–H and O–H groups in total. The monoisotopic (exact) mass is 280 g/mol. The third-order valence-corrected chi connectivity index (χ3v) is 4.23. The van der Waals surface area contributed by atoms with Gasteiger partial charge in [0.15, 0.2) is 12.1 Å². The van der Waals surface area contributed by atoms with Crippen LogP contribution in [0.5, 0.6) is 0 Å². The van der Waals surface area contributed by atoms with Gasteiger partial charge in [0.05, 0.1) is 5.41 Å². The molecule has 1 aromatic rings. The van der Waals surface area contributed by atoms with Crippen molar-refractivity contribution in [3.05, 3.63) is 17.8 Å². The summed E-state index contributed by atoms with van der Waals surface area (Å²) in [4.78, 5) is 29.4. The smallest absolute Gasteiger partial charge is 0.309 e. The number of nitrogens with zero attached hydrogens (tertiary/aromatic N) is 2. The summed E-state index contributed by atoms with van der Waals surface area (Å²) in [7, 11) is 0. The summed E-state index contributed by atoms with van der Waals surface area (Å²) >= 11 is 0. The fourth-order valence-corrected chi connectivity index (χ4v) is 2.59. The number of aromatic nitrogens is 1. The van der Waals surface area contributed by atoms with Gasteiger partial charge in [-0.1, -0.05) is 0 Å². The Morgan fingerprint density at radius 2 is 2.20 bits per heavy atom. The van der Waals surface area contributed by atoms with Crippen LogP contribution in [0.25, 0.3) is 0 Å². The maximum absolute atomic E-state index is 12.4. The minimum absolute atomic E-state index is 0.0510. The van der Waals surface area contributed by atoms with Crippen LogP contribution in [0.2, 0.25) is 0 Å². The lowest BCUT2D eigenvalue weighted by molar-refractivity contribution is -0.151. The number of aliphatic carboxylic acids is 1. The van der Waals surface area contributed by atoms with Gasteiger partial charge in [0.25, 0.3) is 5.91 Å². The lowest BCUT2D eigenvalue weighted by Gasteiger charge is -2.39. The zero-order valence-electron chi connectivity index (χ0n) is 12.0. The average Bonchev–Trinajstić information content (AvgIpc) is 2.84. The largest absolute Gasteiger partial charge is 0.481 e. The lowest BCUT2D eigenvalue weighted by Crippen LogP contribution is -2.47. The van der Waals surface area contributed by atoms with Crippen LogP contribution in [0.15, 0.2) is 10.8 Å². The number of oxazole rings is 1. The Labute approximate surface area is 117 Å². The highest BCUT2D eigenvalue weighted by atomic mass is 16.4. The Balaban J connectivity index is 2.13. The molecule has 1 aliphatic rings. The van der Waals surface area contributed by atoms with Gasteiger partial charge in [-0.05, 0) is 39.5 Å². The van der Waals surface area contributed by atoms with Crippen LogP contribution < -0.4 is 0 Å². The van der Waals surface area contributed by atoms with E-state index in [0.717, 1.165) is 12.8 Å². The number of carbonyl (C=O) groups is 2. The van der Waals surface area contributed by atoms with Crippen LogP contribution in [0.3, 0.4) is 0 Å². The number of carboxylic acid groups (broad SMARTS) is 1. The second kappa shape index (κ2) is 5.26. The van der Waals surface area contributed by atoms with E-state index < -0.39 is 11.4 Å². The molecule has 0 saturated carbocycles. The van der Waals surface area contributed by atoms with Crippen LogP contribution in [-0.2, 0) is 4.79 Å². The molecule has 0 radical (unpaired) electrons. The highest BCUT2D eigenvalue weighted by Crippen LogP contribution is 2.34. The summed E-state index contributed by atoms with van der Waals surface area (Å²) < 4.78 is 5.06. The van der Waals surface area contributed by atoms with E-state index in [1.807, 2.05) is 0 Å². The average molecular weight is 280 g/mol. The van der Waals surface area contributed by atoms with Gasteiger partial charge in [0, 0.05) is 13.1 Å². The number of hydrogen-bond donors (Lipinski definition) is 1. The van der Waals surface area contributed by atoms with E-state index in [4.69, 9.17) is 4.42 Å². The number of piperidine rings is 1. The molecule has 110 valence electrons. The SMILES string of the molecule is Cc1ocnc1C(=O)N1CCC[C@@H](C(C)(C)C(=O)O)C1. The molecular weight excluding hydrogens is 260 g/mol. The summed E-state index contributed by atoms with van der Waals surface area (Å²) in [6.45, 7) is 6.22. The van der Waals surface area contributed by atoms with Crippen molar-refractivity contribution < 1.29 is 19.1 Å². The Morgan fingerprint density at radius 3 is 2.75 bits per heavy atom. The highest BCUT2D eigenvalue weighted by Gasteiger charge is 2.40. The number of rotatable bonds is 3. The molecule has 1 amide bonds. The fourth-order valence-electron chi connectivity index (χ4n) is 2.59. The number of hydrogen-bond acceptors (Lipinski definition) is 4. The van der Waals surface area contributed by atoms with E-state index in [2.05, 4.69) is 4.98 Å². The molecule has 1 aliphatic heterocycles. The van der Waals surface area contributed by atoms with E-state index >= 15 is 0 Å². The summed E-state index contributed by atoms with van der Waals surface area (Å²) in [6.07, 6.45) is 2.88. The Morgan fingerprint density at radius 1 is 1.50 bits per heavy atom. The van der Waals surface area contributed by atoms with Crippen LogP contribution in [0.1, 0.15) is 42.9 Å². The maximum Gasteiger partial charge on any atom is 0.309 e. The van der Waals surface area contributed by atoms with Crippen LogP contribution in [-0.4, -0.2) is 40.0 Å². The first-order valence-corrected chi connectivity index (χ1v) is 6.76. The molecule has 0 aliphatic carbocycles. The standard InChI is InChI=1S/C14H20N2O4/c1-9-11(15-8-20-9)12(17)16-6-4-5-10(7-16)14(2,3)13(18)19/h8,10H,4-7H2,1-3H3,(H,18,19)/t10-/m1/s1. The number of amides is 1. The van der Waals surface area contributed by atoms with Crippen molar-refractivity contribution in [3.8, 4) is 0 Å². The molecule has 6 heteroatoms. The molecule has 0 bridgehead atoms. The summed E-state index contributed by atoms with van der Waals surface area (Å²) in [6, 6.07) is 0. The fraction of sp³-hybridized carbons (Fsp3) is 0.643. The molecule has 0 aromatic carbocycles. The van der Waals surface area contributed by atoms with Crippen molar-refractivity contribution in [2.45, 2.75) is 33.6 Å². The van der Waals surface area contributed by atoms with Gasteiger partial charge in [-0.2, -0.15) is 0 Å². The molecule has 2 heterocycles. The zero-order valence-corrected chi connectivity index (χ0v) is 12.0. The van der Waals surface area contributed by atoms with Crippen molar-refractivity contribution in [1.82, 2.24) is 9.88 Å². The van der Waals surface area contributed by atoms with E-state index in [9.17, 15) is 14.7 Å². The van der Waals surface area contributed by atoms with Crippen molar-refractivity contribution in [3.63, 3.8) is 0 Å². The topological polar surface area (TPSA) is 83.6 Å². The number of carboxylic acids is 1. The van der Waals surface area contributed by atoms with Crippen molar-refractivity contribution in [2.24, 2.45) is 11.3 Å². The van der Waals surface area contributed by atoms with Crippen molar-refractivity contribution in [1.29, 1.82) is 0 Å². The van der Waals surface area contributed by atoms with Gasteiger partial charge < -0.3 is 14.4 Å². The van der Waals surface area contributed by atoms with Gasteiger partial charge in [-0.3, -0.25) is 9.59 Å². The van der Waals surface area contributed by atoms with Gasteiger partial charge in [-0.25, -0.2) is 4.98 Å². The number of carbonyl (C=O) groups excluding carboxylic acids is 1. The molecule has 20 heavy (non-hydrogen) atoms. The van der Waals surface area contributed by atoms with E-state index in [1.165, 1.54) is 6.39 Å². The number of likely N-dealkylation sites (tertiary alicyclic amines) is 1. The maximum atomic E-state index is 12.4. The Hall–Kier alpha value is -1.85. The van der Waals surface area contributed by atoms with Crippen LogP contribution in [0.4, 0.5) is 0 Å². The minimum Gasteiger partial charge on any atom is -0.481 e. The summed E-state index contributed by atoms with van der Waals surface area (Å²) in [5.41, 5.74) is -0.517. The molecule has 1 saturated heterocycles. The normalized spacial score (nSPS) is 19.9. The first-order chi connectivity index (χ1) is 9.34. The van der Waals surface area contributed by atoms with Crippen molar-refractivity contribution >= 4 is 11.9 Å². The number of aryl methyl sites for hydroxylation is 1. The molecule has 1 fully saturated rings. The quantitative estimate of drug-likeness (QED) is 0.914. The molecule has 6 nitrogen and oxygen atoms in total. The zero-order chi connectivity index (χ0) is 14.9. The molecular formula is C14H20N2O4. The predicted octanol–water partition coefficient (Wildman–Crippen LogP) is 1.95. The first-order valence-electron chi connectivity index (χ1n) is 6.76. The molecule has 1 aromatic heterocycles. The first kappa shape index (κ1) is 14.6. The van der Waals surface area contributed by atoms with Crippen molar-refractivity contribution in [2.75, 3.05) is 13.1 Å². The predicted molar refractivity (Wildman–Crippen MR) is 71.3 cm³/mol. The lowest BCUT2D eigenvalue weighted by atomic mass is 9.74. The van der Waals surface area contributed by atoms with Gasteiger partial charge in [-0.15, -0.1) is 0 Å². The van der Waals surface area contributed by atoms with Crippen LogP contribution in [0, 0.1) is 18.3 Å². The Kier molecular flexibility index (Phi) is 3.83. The highest BCUT2D eigenvalue weighted by molar-refractivity contribution is 5.93. The third-order valence-electron chi connectivity index (χ3n) is 4.23. The summed E-state index contributed by atoms with van der Waals surface area (Å²) in [5, 5.41) is 9.32. The second-order valence-corrected chi connectivity index (χ2v) is 5.87. The molecule has 0 spiro atoms. The molecule has 1 atom stereocenters. The second-order valence-electron chi connectivity index (χ2n) is 5.87. The molecule has 0 unspecified atom stereocenters. The summed E-state index contributed by atoms with van der Waals surface area (Å²) in [5.74, 6) is -0.559. The van der Waals surface area contributed by atoms with E-state index in [0.29, 0.717) is 24.5 Å².